The molecule has 11 nitrogen and oxygen atoms in total. The smallest absolute Gasteiger partial charge is 0.426 e. The second-order valence-corrected chi connectivity index (χ2v) is 6.92. The van der Waals surface area contributed by atoms with Gasteiger partial charge in [0.15, 0.2) is 0 Å². The van der Waals surface area contributed by atoms with Crippen LogP contribution >= 0.6 is 0 Å². The van der Waals surface area contributed by atoms with Crippen LogP contribution < -0.4 is 10.9 Å². The predicted molar refractivity (Wildman–Crippen MR) is 100 cm³/mol. The number of nitrogens with zero attached hydrogens (tertiary/aromatic N) is 1. The monoisotopic (exact) mass is 415 g/mol. The Morgan fingerprint density at radius 2 is 1.38 bits per heavy atom. The quantitative estimate of drug-likeness (QED) is 0.257. The van der Waals surface area contributed by atoms with Gasteiger partial charge in [-0.2, -0.15) is 0 Å². The Labute approximate surface area is 169 Å². The third-order valence-corrected chi connectivity index (χ3v) is 3.28. The van der Waals surface area contributed by atoms with Crippen LogP contribution in [0, 0.1) is 0 Å². The van der Waals surface area contributed by atoms with Gasteiger partial charge >= 0.3 is 6.09 Å². The highest BCUT2D eigenvalue weighted by Crippen LogP contribution is 2.05. The molecule has 4 amide bonds. The van der Waals surface area contributed by atoms with E-state index in [-0.39, 0.29) is 38.0 Å². The molecule has 2 N–H and O–H groups in total. The lowest BCUT2D eigenvalue weighted by atomic mass is 10.2. The van der Waals surface area contributed by atoms with Crippen LogP contribution in [-0.2, 0) is 33.3 Å². The van der Waals surface area contributed by atoms with Crippen molar-refractivity contribution in [3.05, 3.63) is 12.2 Å². The van der Waals surface area contributed by atoms with E-state index in [9.17, 15) is 19.2 Å². The van der Waals surface area contributed by atoms with E-state index < -0.39 is 17.6 Å². The van der Waals surface area contributed by atoms with Crippen molar-refractivity contribution >= 4 is 23.8 Å². The maximum Gasteiger partial charge on any atom is 0.426 e. The fraction of sp³-hybridized carbons (Fsp3) is 0.667. The van der Waals surface area contributed by atoms with Gasteiger partial charge in [0.1, 0.15) is 5.60 Å². The second-order valence-electron chi connectivity index (χ2n) is 6.92. The molecule has 0 aliphatic carbocycles. The molecule has 0 aromatic heterocycles. The van der Waals surface area contributed by atoms with Crippen LogP contribution in [0.5, 0.6) is 0 Å². The molecule has 0 aromatic carbocycles. The third kappa shape index (κ3) is 11.8. The van der Waals surface area contributed by atoms with Crippen molar-refractivity contribution in [2.75, 3.05) is 46.2 Å². The largest absolute Gasteiger partial charge is 0.443 e. The number of amides is 4. The van der Waals surface area contributed by atoms with E-state index in [1.165, 1.54) is 12.2 Å². The highest BCUT2D eigenvalue weighted by atomic mass is 16.6. The Morgan fingerprint density at radius 1 is 0.862 bits per heavy atom. The van der Waals surface area contributed by atoms with Gasteiger partial charge in [-0.1, -0.05) is 0 Å². The standard InChI is InChI=1S/C18H29N3O8/c1-18(2,3)29-17(25)20-19-14(22)6-8-26-10-12-28-13-11-27-9-7-21-15(23)4-5-16(21)24/h4-5H,6-13H2,1-3H3,(H,19,22)(H,20,25). The van der Waals surface area contributed by atoms with Crippen molar-refractivity contribution in [2.45, 2.75) is 32.8 Å². The minimum absolute atomic E-state index is 0.0711. The van der Waals surface area contributed by atoms with Gasteiger partial charge in [0.2, 0.25) is 5.91 Å². The number of imide groups is 1. The SMILES string of the molecule is CC(C)(C)OC(=O)NNC(=O)CCOCCOCCOCCN1C(=O)C=CC1=O. The summed E-state index contributed by atoms with van der Waals surface area (Å²) >= 11 is 0. The van der Waals surface area contributed by atoms with Crippen molar-refractivity contribution in [3.8, 4) is 0 Å². The Bertz CT molecular complexity index is 582. The number of ether oxygens (including phenoxy) is 4. The first-order valence-corrected chi connectivity index (χ1v) is 9.23. The Balaban J connectivity index is 1.87. The average Bonchev–Trinajstić information content (AvgIpc) is 2.94. The molecule has 0 unspecified atom stereocenters. The van der Waals surface area contributed by atoms with E-state index in [1.54, 1.807) is 20.8 Å². The molecule has 0 aromatic rings. The molecule has 29 heavy (non-hydrogen) atoms. The first-order valence-electron chi connectivity index (χ1n) is 9.23. The lowest BCUT2D eigenvalue weighted by Gasteiger charge is -2.19. The molecule has 0 spiro atoms. The van der Waals surface area contributed by atoms with Gasteiger partial charge < -0.3 is 18.9 Å². The van der Waals surface area contributed by atoms with Crippen molar-refractivity contribution in [1.29, 1.82) is 0 Å². The topological polar surface area (TPSA) is 132 Å². The van der Waals surface area contributed by atoms with E-state index in [2.05, 4.69) is 10.9 Å². The van der Waals surface area contributed by atoms with Crippen LogP contribution in [0.2, 0.25) is 0 Å². The minimum Gasteiger partial charge on any atom is -0.443 e. The predicted octanol–water partition coefficient (Wildman–Crippen LogP) is -0.0928. The average molecular weight is 415 g/mol. The van der Waals surface area contributed by atoms with Gasteiger partial charge in [0.05, 0.1) is 52.6 Å². The zero-order valence-electron chi connectivity index (χ0n) is 17.0. The van der Waals surface area contributed by atoms with Crippen molar-refractivity contribution in [3.63, 3.8) is 0 Å². The van der Waals surface area contributed by atoms with Crippen LogP contribution in [0.3, 0.4) is 0 Å². The van der Waals surface area contributed by atoms with Crippen LogP contribution in [-0.4, -0.2) is 80.5 Å². The van der Waals surface area contributed by atoms with Crippen LogP contribution in [0.1, 0.15) is 27.2 Å². The van der Waals surface area contributed by atoms with Gasteiger partial charge in [-0.15, -0.1) is 0 Å². The Morgan fingerprint density at radius 3 is 1.93 bits per heavy atom. The van der Waals surface area contributed by atoms with E-state index >= 15 is 0 Å². The van der Waals surface area contributed by atoms with Crippen molar-refractivity contribution in [2.24, 2.45) is 0 Å². The Kier molecular flexibility index (Phi) is 10.9. The van der Waals surface area contributed by atoms with Crippen molar-refractivity contribution < 1.29 is 38.1 Å². The Hall–Kier alpha value is -2.50. The van der Waals surface area contributed by atoms with E-state index in [0.29, 0.717) is 26.4 Å². The van der Waals surface area contributed by atoms with Gasteiger partial charge in [-0.05, 0) is 20.8 Å². The van der Waals surface area contributed by atoms with E-state index in [4.69, 9.17) is 18.9 Å². The van der Waals surface area contributed by atoms with E-state index in [0.717, 1.165) is 4.90 Å². The summed E-state index contributed by atoms with van der Waals surface area (Å²) in [7, 11) is 0. The van der Waals surface area contributed by atoms with Gasteiger partial charge in [0, 0.05) is 12.2 Å². The summed E-state index contributed by atoms with van der Waals surface area (Å²) in [5.74, 6) is -1.07. The second kappa shape index (κ2) is 12.9. The lowest BCUT2D eigenvalue weighted by Crippen LogP contribution is -2.44. The van der Waals surface area contributed by atoms with Gasteiger partial charge in [-0.25, -0.2) is 10.2 Å². The number of hydrogen-bond donors (Lipinski definition) is 2. The molecule has 0 atom stereocenters. The fourth-order valence-electron chi connectivity index (χ4n) is 2.00. The molecule has 0 fully saturated rings. The molecular formula is C18H29N3O8. The molecule has 0 saturated carbocycles. The van der Waals surface area contributed by atoms with Gasteiger partial charge in [-0.3, -0.25) is 24.7 Å². The maximum atomic E-state index is 11.5. The zero-order valence-corrected chi connectivity index (χ0v) is 17.0. The summed E-state index contributed by atoms with van der Waals surface area (Å²) in [5.41, 5.74) is 3.72. The van der Waals surface area contributed by atoms with Gasteiger partial charge in [0.25, 0.3) is 11.8 Å². The molecule has 1 aliphatic rings. The number of carbonyl (C=O) groups excluding carboxylic acids is 4. The number of rotatable bonds is 12. The summed E-state index contributed by atoms with van der Waals surface area (Å²) in [6.07, 6.45) is 1.79. The fourth-order valence-corrected chi connectivity index (χ4v) is 2.00. The lowest BCUT2D eigenvalue weighted by molar-refractivity contribution is -0.137. The van der Waals surface area contributed by atoms with Crippen molar-refractivity contribution in [1.82, 2.24) is 15.8 Å². The van der Waals surface area contributed by atoms with E-state index in [1.807, 2.05) is 0 Å². The molecule has 1 heterocycles. The summed E-state index contributed by atoms with van der Waals surface area (Å²) in [4.78, 5) is 46.6. The highest BCUT2D eigenvalue weighted by molar-refractivity contribution is 6.12. The number of carbonyl (C=O) groups is 4. The first kappa shape index (κ1) is 24.5. The number of nitrogens with one attached hydrogen (secondary N) is 2. The summed E-state index contributed by atoms with van der Waals surface area (Å²) in [5, 5.41) is 0. The number of hydrogen-bond acceptors (Lipinski definition) is 8. The normalized spacial score (nSPS) is 13.7. The molecule has 0 radical (unpaired) electrons. The minimum atomic E-state index is -0.738. The number of hydrazine groups is 1. The summed E-state index contributed by atoms with van der Waals surface area (Å²) in [6.45, 7) is 7.06. The summed E-state index contributed by atoms with van der Waals surface area (Å²) in [6, 6.07) is 0. The molecule has 11 heteroatoms. The molecule has 0 saturated heterocycles. The first-order chi connectivity index (χ1) is 13.7. The molecule has 1 aliphatic heterocycles. The van der Waals surface area contributed by atoms with Crippen LogP contribution in [0.15, 0.2) is 12.2 Å². The highest BCUT2D eigenvalue weighted by Gasteiger charge is 2.22. The molecule has 0 bridgehead atoms. The third-order valence-electron chi connectivity index (χ3n) is 3.28. The zero-order chi connectivity index (χ0) is 21.7. The maximum absolute atomic E-state index is 11.5. The molecule has 164 valence electrons. The summed E-state index contributed by atoms with van der Waals surface area (Å²) < 4.78 is 20.8. The molecular weight excluding hydrogens is 386 g/mol. The van der Waals surface area contributed by atoms with Crippen LogP contribution in [0.4, 0.5) is 4.79 Å². The molecule has 1 rings (SSSR count). The van der Waals surface area contributed by atoms with Crippen LogP contribution in [0.25, 0.3) is 0 Å².